The van der Waals surface area contributed by atoms with Gasteiger partial charge in [0.25, 0.3) is 0 Å². The Balaban J connectivity index is 1.60. The summed E-state index contributed by atoms with van der Waals surface area (Å²) in [6.07, 6.45) is 1.01. The van der Waals surface area contributed by atoms with Crippen LogP contribution in [0.15, 0.2) is 0 Å². The predicted molar refractivity (Wildman–Crippen MR) is 111 cm³/mol. The lowest BCUT2D eigenvalue weighted by molar-refractivity contribution is -0.268. The van der Waals surface area contributed by atoms with Crippen molar-refractivity contribution in [1.82, 2.24) is 4.90 Å². The molecule has 174 valence electrons. The number of methoxy groups -OCH3 is 1. The smallest absolute Gasteiger partial charge is 0.302 e. The highest BCUT2D eigenvalue weighted by atomic mass is 16.5. The van der Waals surface area contributed by atoms with Crippen molar-refractivity contribution in [3.05, 3.63) is 0 Å². The molecule has 31 heavy (non-hydrogen) atoms. The zero-order valence-corrected chi connectivity index (χ0v) is 19.0. The van der Waals surface area contributed by atoms with Crippen molar-refractivity contribution < 1.29 is 29.6 Å². The number of hydrogen-bond donors (Lipinski definition) is 3. The Morgan fingerprint density at radius 1 is 1.26 bits per heavy atom. The fourth-order valence-electron chi connectivity index (χ4n) is 10.5. The molecule has 6 rings (SSSR count). The number of esters is 1. The van der Waals surface area contributed by atoms with E-state index in [0.29, 0.717) is 6.42 Å². The Morgan fingerprint density at radius 3 is 2.65 bits per heavy atom. The van der Waals surface area contributed by atoms with Gasteiger partial charge >= 0.3 is 5.97 Å². The minimum Gasteiger partial charge on any atom is -0.462 e. The fraction of sp³-hybridized carbons (Fsp3) is 0.958. The van der Waals surface area contributed by atoms with Gasteiger partial charge in [-0.15, -0.1) is 0 Å². The van der Waals surface area contributed by atoms with Crippen molar-refractivity contribution in [2.75, 3.05) is 20.2 Å². The van der Waals surface area contributed by atoms with Gasteiger partial charge in [0.1, 0.15) is 6.10 Å². The number of rotatable bonds is 3. The molecular weight excluding hydrogens is 398 g/mol. The molecule has 1 heterocycles. The third-order valence-electron chi connectivity index (χ3n) is 10.9. The Labute approximate surface area is 184 Å². The Bertz CT molecular complexity index is 807. The molecule has 1 aliphatic heterocycles. The molecule has 7 nitrogen and oxygen atoms in total. The van der Waals surface area contributed by atoms with Gasteiger partial charge in [-0.05, 0) is 37.1 Å². The quantitative estimate of drug-likeness (QED) is 0.564. The second-order valence-electron chi connectivity index (χ2n) is 11.8. The van der Waals surface area contributed by atoms with Gasteiger partial charge in [0.2, 0.25) is 0 Å². The van der Waals surface area contributed by atoms with Gasteiger partial charge in [0.05, 0.1) is 23.9 Å². The molecule has 0 aromatic heterocycles. The molecule has 6 aliphatic rings. The van der Waals surface area contributed by atoms with Crippen LogP contribution < -0.4 is 0 Å². The lowest BCUT2D eigenvalue weighted by Crippen LogP contribution is -2.75. The van der Waals surface area contributed by atoms with Gasteiger partial charge in [-0.1, -0.05) is 13.8 Å². The van der Waals surface area contributed by atoms with Crippen molar-refractivity contribution >= 4 is 5.97 Å². The van der Waals surface area contributed by atoms with E-state index in [2.05, 4.69) is 18.7 Å². The third kappa shape index (κ3) is 2.12. The Hall–Kier alpha value is -0.730. The first-order valence-electron chi connectivity index (χ1n) is 12.2. The highest BCUT2D eigenvalue weighted by molar-refractivity contribution is 5.66. The Kier molecular flexibility index (Phi) is 4.19. The minimum absolute atomic E-state index is 0.000579. The van der Waals surface area contributed by atoms with Crippen LogP contribution in [-0.4, -0.2) is 82.4 Å². The second kappa shape index (κ2) is 6.23. The van der Waals surface area contributed by atoms with E-state index in [0.717, 1.165) is 32.4 Å². The fourth-order valence-corrected chi connectivity index (χ4v) is 10.5. The number of carbonyl (C=O) groups is 1. The number of hydrogen-bond acceptors (Lipinski definition) is 7. The molecule has 5 saturated carbocycles. The Morgan fingerprint density at radius 2 is 2.00 bits per heavy atom. The molecule has 1 spiro atoms. The number of piperidine rings is 1. The molecule has 0 amide bonds. The number of ether oxygens (including phenoxy) is 2. The maximum atomic E-state index is 12.4. The third-order valence-corrected chi connectivity index (χ3v) is 10.9. The average molecular weight is 436 g/mol. The molecule has 13 atom stereocenters. The first-order valence-corrected chi connectivity index (χ1v) is 12.2. The maximum Gasteiger partial charge on any atom is 0.302 e. The molecule has 0 radical (unpaired) electrons. The molecule has 0 aromatic carbocycles. The lowest BCUT2D eigenvalue weighted by atomic mass is 9.43. The minimum atomic E-state index is -1.18. The van der Waals surface area contributed by atoms with Crippen LogP contribution in [0, 0.1) is 40.4 Å². The van der Waals surface area contributed by atoms with Crippen LogP contribution in [0.3, 0.4) is 0 Å². The molecule has 6 fully saturated rings. The number of likely N-dealkylation sites (tertiary alicyclic amines) is 1. The van der Waals surface area contributed by atoms with Crippen molar-refractivity contribution in [2.24, 2.45) is 40.4 Å². The van der Waals surface area contributed by atoms with E-state index in [4.69, 9.17) is 9.47 Å². The van der Waals surface area contributed by atoms with Gasteiger partial charge in [-0.2, -0.15) is 0 Å². The summed E-state index contributed by atoms with van der Waals surface area (Å²) < 4.78 is 11.7. The van der Waals surface area contributed by atoms with E-state index in [1.165, 1.54) is 6.92 Å². The van der Waals surface area contributed by atoms with Crippen LogP contribution in [0.2, 0.25) is 0 Å². The van der Waals surface area contributed by atoms with Crippen molar-refractivity contribution in [3.8, 4) is 0 Å². The van der Waals surface area contributed by atoms with E-state index in [1.54, 1.807) is 7.11 Å². The van der Waals surface area contributed by atoms with Crippen LogP contribution in [0.1, 0.15) is 46.5 Å². The summed E-state index contributed by atoms with van der Waals surface area (Å²) in [4.78, 5) is 14.5. The van der Waals surface area contributed by atoms with Crippen LogP contribution in [0.25, 0.3) is 0 Å². The molecule has 7 bridgehead atoms. The van der Waals surface area contributed by atoms with E-state index in [-0.39, 0.29) is 53.1 Å². The topological polar surface area (TPSA) is 99.5 Å². The summed E-state index contributed by atoms with van der Waals surface area (Å²) >= 11 is 0. The number of aliphatic hydroxyl groups is 3. The van der Waals surface area contributed by atoms with E-state index in [9.17, 15) is 20.1 Å². The monoisotopic (exact) mass is 435 g/mol. The SMILES string of the molecule is CCN1C[C@]2(C)CC[C@H](O)[C@]34C1[C@H]([C@@H](O)[C@H]23)[C@@]1(O)C[C@H](OC)[C@H]2C[C@@H]4[C@@H]1[C@H]2OC(C)=O. The van der Waals surface area contributed by atoms with Gasteiger partial charge in [0, 0.05) is 62.1 Å². The van der Waals surface area contributed by atoms with Crippen LogP contribution in [-0.2, 0) is 14.3 Å². The summed E-state index contributed by atoms with van der Waals surface area (Å²) in [5.74, 6) is -0.995. The van der Waals surface area contributed by atoms with Gasteiger partial charge in [-0.3, -0.25) is 9.69 Å². The highest BCUT2D eigenvalue weighted by Gasteiger charge is 2.85. The van der Waals surface area contributed by atoms with E-state index < -0.39 is 29.3 Å². The van der Waals surface area contributed by atoms with Crippen LogP contribution >= 0.6 is 0 Å². The molecule has 5 aliphatic carbocycles. The number of nitrogens with zero attached hydrogens (tertiary/aromatic N) is 1. The number of carbonyl (C=O) groups excluding carboxylic acids is 1. The predicted octanol–water partition coefficient (Wildman–Crippen LogP) is 0.792. The van der Waals surface area contributed by atoms with Crippen molar-refractivity contribution in [3.63, 3.8) is 0 Å². The van der Waals surface area contributed by atoms with Gasteiger partial charge in [-0.25, -0.2) is 0 Å². The first-order chi connectivity index (χ1) is 14.6. The van der Waals surface area contributed by atoms with Gasteiger partial charge in [0.15, 0.2) is 0 Å². The molecule has 1 saturated heterocycles. The van der Waals surface area contributed by atoms with E-state index in [1.807, 2.05) is 0 Å². The van der Waals surface area contributed by atoms with E-state index >= 15 is 0 Å². The summed E-state index contributed by atoms with van der Waals surface area (Å²) in [6.45, 7) is 7.59. The number of aliphatic hydroxyl groups excluding tert-OH is 2. The molecule has 3 N–H and O–H groups in total. The largest absolute Gasteiger partial charge is 0.462 e. The number of fused-ring (bicyclic) bond motifs is 2. The van der Waals surface area contributed by atoms with Crippen molar-refractivity contribution in [2.45, 2.75) is 82.5 Å². The zero-order valence-electron chi connectivity index (χ0n) is 19.0. The highest BCUT2D eigenvalue weighted by Crippen LogP contribution is 2.78. The molecule has 7 heteroatoms. The molecule has 1 unspecified atom stereocenters. The summed E-state index contributed by atoms with van der Waals surface area (Å²) in [5.41, 5.74) is -1.74. The lowest BCUT2D eigenvalue weighted by Gasteiger charge is -2.68. The normalized spacial score (nSPS) is 61.4. The van der Waals surface area contributed by atoms with Crippen LogP contribution in [0.4, 0.5) is 0 Å². The molecule has 0 aromatic rings. The van der Waals surface area contributed by atoms with Crippen molar-refractivity contribution in [1.29, 1.82) is 0 Å². The van der Waals surface area contributed by atoms with Crippen LogP contribution in [0.5, 0.6) is 0 Å². The van der Waals surface area contributed by atoms with Gasteiger partial charge < -0.3 is 24.8 Å². The first kappa shape index (κ1) is 20.8. The second-order valence-corrected chi connectivity index (χ2v) is 11.8. The molecular formula is C24H37NO6. The zero-order chi connectivity index (χ0) is 22.1. The maximum absolute atomic E-state index is 12.4. The summed E-state index contributed by atoms with van der Waals surface area (Å²) in [7, 11) is 1.66. The summed E-state index contributed by atoms with van der Waals surface area (Å²) in [6, 6.07) is -0.0561. The average Bonchev–Trinajstić information content (AvgIpc) is 3.13. The summed E-state index contributed by atoms with van der Waals surface area (Å²) in [5, 5.41) is 36.0. The standard InChI is InChI=1S/C24H37NO6/c1-5-25-10-22(3)7-6-15(27)24-13-8-12-14(30-4)9-23(29,16(13)19(12)31-11(2)26)17(21(24)25)18(28)20(22)24/h12-21,27-29H,5-10H2,1-4H3/t12-,13-,14+,15+,16-,17+,18-,19+,20-,21?,22+,23-,24+/m1/s1.